The van der Waals surface area contributed by atoms with E-state index in [0.717, 1.165) is 31.6 Å². The number of benzene rings is 1. The molecule has 1 unspecified atom stereocenters. The van der Waals surface area contributed by atoms with Crippen LogP contribution in [-0.2, 0) is 4.74 Å². The molecule has 20 heavy (non-hydrogen) atoms. The molecule has 0 radical (unpaired) electrons. The average Bonchev–Trinajstić information content (AvgIpc) is 2.97. The minimum atomic E-state index is 0.320. The molecule has 0 aliphatic carbocycles. The molecule has 1 N–H and O–H groups in total. The van der Waals surface area contributed by atoms with Gasteiger partial charge in [0.2, 0.25) is 0 Å². The van der Waals surface area contributed by atoms with Gasteiger partial charge < -0.3 is 14.6 Å². The van der Waals surface area contributed by atoms with Crippen molar-refractivity contribution in [3.63, 3.8) is 0 Å². The van der Waals surface area contributed by atoms with Crippen LogP contribution in [0.4, 0.5) is 5.95 Å². The van der Waals surface area contributed by atoms with Gasteiger partial charge in [-0.3, -0.25) is 0 Å². The molecule has 0 saturated carbocycles. The van der Waals surface area contributed by atoms with Crippen LogP contribution >= 0.6 is 0 Å². The van der Waals surface area contributed by atoms with Crippen LogP contribution in [0.3, 0.4) is 0 Å². The van der Waals surface area contributed by atoms with Gasteiger partial charge in [-0.05, 0) is 43.0 Å². The number of ether oxygens (including phenoxy) is 1. The molecule has 5 heteroatoms. The first-order valence-electron chi connectivity index (χ1n) is 7.06. The number of nitrogens with zero attached hydrogens (tertiary/aromatic N) is 2. The predicted molar refractivity (Wildman–Crippen MR) is 76.4 cm³/mol. The first kappa shape index (κ1) is 13.1. The molecule has 106 valence electrons. The summed E-state index contributed by atoms with van der Waals surface area (Å²) in [5.74, 6) is 1.71. The Kier molecular flexibility index (Phi) is 3.97. The van der Waals surface area contributed by atoms with Gasteiger partial charge in [-0.2, -0.15) is 4.98 Å². The Hall–Kier alpha value is -1.88. The van der Waals surface area contributed by atoms with Gasteiger partial charge in [0.05, 0.1) is 0 Å². The fraction of sp³-hybridized carbons (Fsp3) is 0.467. The van der Waals surface area contributed by atoms with E-state index in [9.17, 15) is 0 Å². The van der Waals surface area contributed by atoms with Crippen LogP contribution in [0.5, 0.6) is 0 Å². The summed E-state index contributed by atoms with van der Waals surface area (Å²) >= 11 is 0. The Balaban J connectivity index is 1.65. The molecule has 1 aromatic heterocycles. The van der Waals surface area contributed by atoms with Crippen molar-refractivity contribution in [1.29, 1.82) is 0 Å². The smallest absolute Gasteiger partial charge is 0.263 e. The lowest BCUT2D eigenvalue weighted by Crippen LogP contribution is -2.31. The molecular weight excluding hydrogens is 254 g/mol. The number of aromatic nitrogens is 2. The number of nitrogens with one attached hydrogen (secondary N) is 1. The van der Waals surface area contributed by atoms with Crippen LogP contribution < -0.4 is 5.32 Å². The monoisotopic (exact) mass is 273 g/mol. The summed E-state index contributed by atoms with van der Waals surface area (Å²) in [6, 6.07) is 10.1. The Bertz CT molecular complexity index is 535. The molecule has 5 nitrogen and oxygen atoms in total. The van der Waals surface area contributed by atoms with Crippen LogP contribution in [0, 0.1) is 5.92 Å². The zero-order chi connectivity index (χ0) is 13.8. The van der Waals surface area contributed by atoms with Crippen LogP contribution in [0.15, 0.2) is 34.9 Å². The third-order valence-electron chi connectivity index (χ3n) is 3.78. The second-order valence-corrected chi connectivity index (χ2v) is 5.17. The fourth-order valence-corrected chi connectivity index (χ4v) is 2.52. The lowest BCUT2D eigenvalue weighted by atomic mass is 9.93. The highest BCUT2D eigenvalue weighted by Gasteiger charge is 2.21. The molecule has 3 rings (SSSR count). The Morgan fingerprint density at radius 1 is 1.20 bits per heavy atom. The molecule has 1 aromatic carbocycles. The van der Waals surface area contributed by atoms with Gasteiger partial charge in [0.1, 0.15) is 0 Å². The topological polar surface area (TPSA) is 60.2 Å². The summed E-state index contributed by atoms with van der Waals surface area (Å²) < 4.78 is 10.7. The van der Waals surface area contributed by atoms with Crippen molar-refractivity contribution in [2.75, 3.05) is 18.5 Å². The molecule has 1 saturated heterocycles. The molecule has 1 aliphatic heterocycles. The van der Waals surface area contributed by atoms with Crippen LogP contribution in [-0.4, -0.2) is 29.4 Å². The quantitative estimate of drug-likeness (QED) is 0.928. The molecular formula is C15H19N3O2. The molecule has 0 spiro atoms. The minimum Gasteiger partial charge on any atom is -0.381 e. The van der Waals surface area contributed by atoms with Crippen LogP contribution in [0.2, 0.25) is 0 Å². The summed E-state index contributed by atoms with van der Waals surface area (Å²) in [6.45, 7) is 3.85. The van der Waals surface area contributed by atoms with E-state index in [4.69, 9.17) is 9.26 Å². The van der Waals surface area contributed by atoms with E-state index in [1.165, 1.54) is 0 Å². The normalized spacial score (nSPS) is 17.9. The van der Waals surface area contributed by atoms with Crippen molar-refractivity contribution >= 4 is 5.95 Å². The van der Waals surface area contributed by atoms with Gasteiger partial charge in [-0.25, -0.2) is 0 Å². The van der Waals surface area contributed by atoms with Gasteiger partial charge >= 0.3 is 0 Å². The third kappa shape index (κ3) is 2.99. The van der Waals surface area contributed by atoms with E-state index >= 15 is 0 Å². The molecule has 2 aromatic rings. The zero-order valence-electron chi connectivity index (χ0n) is 11.6. The van der Waals surface area contributed by atoms with Crippen LogP contribution in [0.1, 0.15) is 19.8 Å². The zero-order valence-corrected chi connectivity index (χ0v) is 11.6. The minimum absolute atomic E-state index is 0.320. The van der Waals surface area contributed by atoms with Crippen molar-refractivity contribution in [1.82, 2.24) is 10.1 Å². The number of rotatable bonds is 4. The van der Waals surface area contributed by atoms with E-state index in [0.29, 0.717) is 23.8 Å². The highest BCUT2D eigenvalue weighted by Crippen LogP contribution is 2.22. The maximum Gasteiger partial charge on any atom is 0.263 e. The van der Waals surface area contributed by atoms with Crippen molar-refractivity contribution in [3.05, 3.63) is 30.3 Å². The fourth-order valence-electron chi connectivity index (χ4n) is 2.52. The van der Waals surface area contributed by atoms with E-state index in [1.807, 2.05) is 30.3 Å². The summed E-state index contributed by atoms with van der Waals surface area (Å²) in [5, 5.41) is 7.33. The first-order chi connectivity index (χ1) is 9.83. The molecule has 1 aliphatic rings. The Labute approximate surface area is 118 Å². The third-order valence-corrected chi connectivity index (χ3v) is 3.78. The molecule has 1 fully saturated rings. The summed E-state index contributed by atoms with van der Waals surface area (Å²) in [5.41, 5.74) is 0.937. The van der Waals surface area contributed by atoms with E-state index in [2.05, 4.69) is 22.4 Å². The number of anilines is 1. The largest absolute Gasteiger partial charge is 0.381 e. The maximum atomic E-state index is 5.38. The Morgan fingerprint density at radius 3 is 2.70 bits per heavy atom. The van der Waals surface area contributed by atoms with Crippen LogP contribution in [0.25, 0.3) is 11.5 Å². The van der Waals surface area contributed by atoms with E-state index < -0.39 is 0 Å². The second kappa shape index (κ2) is 6.05. The van der Waals surface area contributed by atoms with Gasteiger partial charge in [-0.1, -0.05) is 18.2 Å². The standard InChI is InChI=1S/C15H19N3O2/c1-11(12-7-9-19-10-8-12)16-15-17-14(20-18-15)13-5-3-2-4-6-13/h2-6,11-12H,7-10H2,1H3,(H,16,18). The van der Waals surface area contributed by atoms with Gasteiger partial charge in [0, 0.05) is 24.8 Å². The van der Waals surface area contributed by atoms with Crippen molar-refractivity contribution in [3.8, 4) is 11.5 Å². The summed E-state index contributed by atoms with van der Waals surface area (Å²) in [4.78, 5) is 4.40. The lowest BCUT2D eigenvalue weighted by Gasteiger charge is -2.27. The lowest BCUT2D eigenvalue weighted by molar-refractivity contribution is 0.0621. The number of hydrogen-bond donors (Lipinski definition) is 1. The number of hydrogen-bond acceptors (Lipinski definition) is 5. The summed E-state index contributed by atoms with van der Waals surface area (Å²) in [7, 11) is 0. The Morgan fingerprint density at radius 2 is 1.95 bits per heavy atom. The molecule has 0 bridgehead atoms. The highest BCUT2D eigenvalue weighted by molar-refractivity contribution is 5.53. The van der Waals surface area contributed by atoms with Gasteiger partial charge in [-0.15, -0.1) is 0 Å². The second-order valence-electron chi connectivity index (χ2n) is 5.17. The van der Waals surface area contributed by atoms with Gasteiger partial charge in [0.15, 0.2) is 0 Å². The highest BCUT2D eigenvalue weighted by atomic mass is 16.5. The first-order valence-corrected chi connectivity index (χ1v) is 7.06. The van der Waals surface area contributed by atoms with Gasteiger partial charge in [0.25, 0.3) is 11.8 Å². The predicted octanol–water partition coefficient (Wildman–Crippen LogP) is 2.96. The van der Waals surface area contributed by atoms with Crippen molar-refractivity contribution in [2.24, 2.45) is 5.92 Å². The summed E-state index contributed by atoms with van der Waals surface area (Å²) in [6.07, 6.45) is 2.16. The van der Waals surface area contributed by atoms with Crippen molar-refractivity contribution < 1.29 is 9.26 Å². The van der Waals surface area contributed by atoms with E-state index in [-0.39, 0.29) is 0 Å². The molecule has 2 heterocycles. The molecule has 1 atom stereocenters. The SMILES string of the molecule is CC(Nc1noc(-c2ccccc2)n1)C1CCOCC1. The van der Waals surface area contributed by atoms with Crippen molar-refractivity contribution in [2.45, 2.75) is 25.8 Å². The van der Waals surface area contributed by atoms with E-state index in [1.54, 1.807) is 0 Å². The molecule has 0 amide bonds. The maximum absolute atomic E-state index is 5.38. The average molecular weight is 273 g/mol.